The topological polar surface area (TPSA) is 170 Å². The van der Waals surface area contributed by atoms with E-state index in [-0.39, 0.29) is 25.0 Å². The van der Waals surface area contributed by atoms with Gasteiger partial charge in [-0.15, -0.1) is 0 Å². The van der Waals surface area contributed by atoms with E-state index in [9.17, 15) is 19.2 Å². The molecule has 1 unspecified atom stereocenters. The van der Waals surface area contributed by atoms with Crippen molar-refractivity contribution < 1.29 is 33.4 Å². The largest absolute Gasteiger partial charge is 0.444 e. The van der Waals surface area contributed by atoms with Crippen LogP contribution in [0.5, 0.6) is 0 Å². The molecule has 0 saturated carbocycles. The van der Waals surface area contributed by atoms with Crippen LogP contribution in [0, 0.1) is 0 Å². The lowest BCUT2D eigenvalue weighted by Crippen LogP contribution is -2.47. The fraction of sp³-hybridized carbons (Fsp3) is 0.438. The normalized spacial score (nSPS) is 13.2. The van der Waals surface area contributed by atoms with Crippen molar-refractivity contribution in [2.75, 3.05) is 44.8 Å². The molecule has 240 valence electrons. The van der Waals surface area contributed by atoms with Crippen LogP contribution in [0.3, 0.4) is 0 Å². The lowest BCUT2D eigenvalue weighted by Gasteiger charge is -2.19. The second-order valence-corrected chi connectivity index (χ2v) is 10.8. The summed E-state index contributed by atoms with van der Waals surface area (Å²) < 4.78 is 15.8. The monoisotopic (exact) mass is 611 g/mol. The van der Waals surface area contributed by atoms with Crippen LogP contribution in [0.2, 0.25) is 0 Å². The van der Waals surface area contributed by atoms with Gasteiger partial charge in [0.15, 0.2) is 0 Å². The van der Waals surface area contributed by atoms with Crippen molar-refractivity contribution in [1.82, 2.24) is 16.0 Å². The number of rotatable bonds is 17. The molecule has 12 heteroatoms. The van der Waals surface area contributed by atoms with Crippen molar-refractivity contribution in [2.45, 2.75) is 51.7 Å². The average molecular weight is 612 g/mol. The number of carbonyl (C=O) groups is 4. The Morgan fingerprint density at radius 2 is 1.57 bits per heavy atom. The van der Waals surface area contributed by atoms with Gasteiger partial charge in [-0.3, -0.25) is 19.7 Å². The Bertz CT molecular complexity index is 1200. The van der Waals surface area contributed by atoms with Gasteiger partial charge >= 0.3 is 6.09 Å². The summed E-state index contributed by atoms with van der Waals surface area (Å²) in [7, 11) is 0. The Balaban J connectivity index is 1.84. The Morgan fingerprint density at radius 3 is 2.30 bits per heavy atom. The molecule has 0 aliphatic heterocycles. The number of hydrogen-bond acceptors (Lipinski definition) is 8. The number of ether oxygens (including phenoxy) is 3. The lowest BCUT2D eigenvalue weighted by atomic mass is 10.1. The third kappa shape index (κ3) is 15.8. The number of benzene rings is 1. The molecule has 1 aliphatic rings. The summed E-state index contributed by atoms with van der Waals surface area (Å²) in [5.41, 5.74) is 6.28. The standard InChI is InChI=1S/C32H45N5O7/c1-32(2,3)44-31(41)36-26-16-14-24(15-17-26)29(39)34-19-10-9-13-27(37-28(38)23-43-22-21-42-20-18-33)30(40)35-25-11-7-5-4-6-8-12-25/h4-8,11-12,14-17,27H,9-10,13,18-23,33H2,1-3H3,(H,34,39)(H,35,40)(H,36,41)(H,37,38). The van der Waals surface area contributed by atoms with Gasteiger partial charge in [-0.2, -0.15) is 0 Å². The number of amides is 4. The Labute approximate surface area is 259 Å². The minimum Gasteiger partial charge on any atom is -0.444 e. The molecule has 0 bridgehead atoms. The first kappa shape index (κ1) is 35.9. The van der Waals surface area contributed by atoms with Crippen LogP contribution in [0.4, 0.5) is 10.5 Å². The number of hydrogen-bond donors (Lipinski definition) is 5. The molecular weight excluding hydrogens is 566 g/mol. The lowest BCUT2D eigenvalue weighted by molar-refractivity contribution is -0.131. The summed E-state index contributed by atoms with van der Waals surface area (Å²) in [5, 5.41) is 11.1. The molecule has 44 heavy (non-hydrogen) atoms. The highest BCUT2D eigenvalue weighted by Gasteiger charge is 2.21. The van der Waals surface area contributed by atoms with Crippen LogP contribution in [0.1, 0.15) is 50.4 Å². The molecular formula is C32H45N5O7. The van der Waals surface area contributed by atoms with E-state index in [0.717, 1.165) is 0 Å². The quantitative estimate of drug-likeness (QED) is 0.167. The molecule has 0 radical (unpaired) electrons. The zero-order valence-electron chi connectivity index (χ0n) is 25.7. The zero-order chi connectivity index (χ0) is 32.2. The smallest absolute Gasteiger partial charge is 0.412 e. The zero-order valence-corrected chi connectivity index (χ0v) is 25.7. The van der Waals surface area contributed by atoms with Crippen molar-refractivity contribution >= 4 is 29.5 Å². The number of nitrogens with two attached hydrogens (primary N) is 1. The summed E-state index contributed by atoms with van der Waals surface area (Å²) >= 11 is 0. The highest BCUT2D eigenvalue weighted by atomic mass is 16.6. The predicted molar refractivity (Wildman–Crippen MR) is 169 cm³/mol. The molecule has 0 saturated heterocycles. The molecule has 6 N–H and O–H groups in total. The van der Waals surface area contributed by atoms with Crippen LogP contribution in [0.15, 0.2) is 72.5 Å². The maximum Gasteiger partial charge on any atom is 0.412 e. The minimum absolute atomic E-state index is 0.214. The van der Waals surface area contributed by atoms with Gasteiger partial charge < -0.3 is 35.9 Å². The van der Waals surface area contributed by atoms with E-state index in [4.69, 9.17) is 19.9 Å². The van der Waals surface area contributed by atoms with Gasteiger partial charge in [0.25, 0.3) is 5.91 Å². The van der Waals surface area contributed by atoms with Crippen LogP contribution in [-0.4, -0.2) is 75.0 Å². The summed E-state index contributed by atoms with van der Waals surface area (Å²) in [6.07, 6.45) is 13.6. The number of unbranched alkanes of at least 4 members (excludes halogenated alkanes) is 1. The van der Waals surface area contributed by atoms with Crippen LogP contribution in [0.25, 0.3) is 0 Å². The van der Waals surface area contributed by atoms with Gasteiger partial charge in [0, 0.05) is 30.0 Å². The van der Waals surface area contributed by atoms with E-state index >= 15 is 0 Å². The van der Waals surface area contributed by atoms with Crippen molar-refractivity contribution in [2.24, 2.45) is 5.73 Å². The third-order valence-corrected chi connectivity index (χ3v) is 5.78. The predicted octanol–water partition coefficient (Wildman–Crippen LogP) is 3.09. The van der Waals surface area contributed by atoms with Crippen molar-refractivity contribution in [3.63, 3.8) is 0 Å². The molecule has 1 aliphatic carbocycles. The van der Waals surface area contributed by atoms with E-state index in [1.54, 1.807) is 69.3 Å². The number of allylic oxidation sites excluding steroid dienone is 7. The summed E-state index contributed by atoms with van der Waals surface area (Å²) in [5.74, 6) is -1.05. The fourth-order valence-corrected chi connectivity index (χ4v) is 3.76. The first-order chi connectivity index (χ1) is 21.1. The molecule has 2 rings (SSSR count). The van der Waals surface area contributed by atoms with Crippen molar-refractivity contribution in [1.29, 1.82) is 0 Å². The van der Waals surface area contributed by atoms with Gasteiger partial charge in [-0.25, -0.2) is 4.79 Å². The van der Waals surface area contributed by atoms with E-state index in [1.165, 1.54) is 0 Å². The maximum absolute atomic E-state index is 13.1. The second kappa shape index (κ2) is 19.8. The molecule has 1 aromatic carbocycles. The first-order valence-corrected chi connectivity index (χ1v) is 14.6. The van der Waals surface area contributed by atoms with Gasteiger partial charge in [0.05, 0.1) is 19.8 Å². The van der Waals surface area contributed by atoms with Gasteiger partial charge in [-0.05, 0) is 76.5 Å². The van der Waals surface area contributed by atoms with Gasteiger partial charge in [0.1, 0.15) is 18.2 Å². The van der Waals surface area contributed by atoms with E-state index in [2.05, 4.69) is 21.3 Å². The Kier molecular flexibility index (Phi) is 16.2. The number of nitrogens with one attached hydrogen (secondary N) is 4. The molecule has 12 nitrogen and oxygen atoms in total. The first-order valence-electron chi connectivity index (χ1n) is 14.6. The SMILES string of the molecule is CC(C)(C)OC(=O)Nc1ccc(C(=O)NCCCCC(NC(=O)COCCOCCN)C(=O)NC2=CC=CC=CC=C2)cc1. The summed E-state index contributed by atoms with van der Waals surface area (Å²) in [6.45, 7) is 6.83. The van der Waals surface area contributed by atoms with E-state index < -0.39 is 23.6 Å². The molecule has 4 amide bonds. The molecule has 0 heterocycles. The molecule has 1 aromatic rings. The molecule has 1 atom stereocenters. The van der Waals surface area contributed by atoms with E-state index in [1.807, 2.05) is 18.2 Å². The fourth-order valence-electron chi connectivity index (χ4n) is 3.76. The molecule has 0 aromatic heterocycles. The number of anilines is 1. The van der Waals surface area contributed by atoms with Gasteiger partial charge in [-0.1, -0.05) is 30.4 Å². The maximum atomic E-state index is 13.1. The van der Waals surface area contributed by atoms with Crippen LogP contribution in [-0.2, 0) is 23.8 Å². The Morgan fingerprint density at radius 1 is 0.864 bits per heavy atom. The van der Waals surface area contributed by atoms with Crippen LogP contribution >= 0.6 is 0 Å². The average Bonchev–Trinajstić information content (AvgIpc) is 2.94. The Hall–Kier alpha value is -4.26. The highest BCUT2D eigenvalue weighted by molar-refractivity contribution is 5.95. The van der Waals surface area contributed by atoms with Crippen LogP contribution < -0.4 is 27.0 Å². The van der Waals surface area contributed by atoms with Crippen molar-refractivity contribution in [3.05, 3.63) is 78.1 Å². The molecule has 0 spiro atoms. The van der Waals surface area contributed by atoms with Crippen molar-refractivity contribution in [3.8, 4) is 0 Å². The second-order valence-electron chi connectivity index (χ2n) is 10.8. The highest BCUT2D eigenvalue weighted by Crippen LogP contribution is 2.13. The summed E-state index contributed by atoms with van der Waals surface area (Å²) in [6, 6.07) is 5.64. The van der Waals surface area contributed by atoms with Gasteiger partial charge in [0.2, 0.25) is 11.8 Å². The summed E-state index contributed by atoms with van der Waals surface area (Å²) in [4.78, 5) is 50.1. The number of carbonyl (C=O) groups excluding carboxylic acids is 4. The third-order valence-electron chi connectivity index (χ3n) is 5.78. The molecule has 0 fully saturated rings. The van der Waals surface area contributed by atoms with E-state index in [0.29, 0.717) is 62.5 Å². The minimum atomic E-state index is -0.806.